The summed E-state index contributed by atoms with van der Waals surface area (Å²) in [6.07, 6.45) is 6.40. The molecule has 0 radical (unpaired) electrons. The SMILES string of the molecule is C[C@H](Cc1nc(Cc2cnccn2)cc(N2CC(CN)C2)n1)c1ccc(F)cc1. The van der Waals surface area contributed by atoms with Gasteiger partial charge in [0.05, 0.1) is 11.4 Å². The maximum Gasteiger partial charge on any atom is 0.132 e. The summed E-state index contributed by atoms with van der Waals surface area (Å²) in [5.74, 6) is 2.20. The summed E-state index contributed by atoms with van der Waals surface area (Å²) >= 11 is 0. The Morgan fingerprint density at radius 3 is 2.62 bits per heavy atom. The highest BCUT2D eigenvalue weighted by Gasteiger charge is 2.27. The van der Waals surface area contributed by atoms with E-state index in [1.807, 2.05) is 18.2 Å². The fourth-order valence-electron chi connectivity index (χ4n) is 3.58. The van der Waals surface area contributed by atoms with Gasteiger partial charge in [-0.1, -0.05) is 19.1 Å². The molecule has 1 fully saturated rings. The molecule has 0 unspecified atom stereocenters. The van der Waals surface area contributed by atoms with Crippen LogP contribution < -0.4 is 10.6 Å². The Kier molecular flexibility index (Phi) is 5.76. The van der Waals surface area contributed by atoms with Crippen LogP contribution in [0.15, 0.2) is 48.9 Å². The lowest BCUT2D eigenvalue weighted by atomic mass is 9.97. The molecule has 0 saturated carbocycles. The van der Waals surface area contributed by atoms with E-state index in [1.54, 1.807) is 18.6 Å². The molecule has 29 heavy (non-hydrogen) atoms. The molecule has 0 amide bonds. The maximum atomic E-state index is 13.2. The van der Waals surface area contributed by atoms with Gasteiger partial charge >= 0.3 is 0 Å². The van der Waals surface area contributed by atoms with Gasteiger partial charge in [0.2, 0.25) is 0 Å². The minimum absolute atomic E-state index is 0.184. The largest absolute Gasteiger partial charge is 0.356 e. The van der Waals surface area contributed by atoms with Crippen molar-refractivity contribution in [2.45, 2.75) is 25.7 Å². The molecule has 0 aliphatic carbocycles. The Bertz CT molecular complexity index is 941. The van der Waals surface area contributed by atoms with Crippen molar-refractivity contribution in [1.82, 2.24) is 19.9 Å². The summed E-state index contributed by atoms with van der Waals surface area (Å²) in [5, 5.41) is 0. The highest BCUT2D eigenvalue weighted by atomic mass is 19.1. The van der Waals surface area contributed by atoms with E-state index in [0.717, 1.165) is 41.7 Å². The number of aromatic nitrogens is 4. The zero-order valence-electron chi connectivity index (χ0n) is 16.5. The molecule has 1 aliphatic heterocycles. The Morgan fingerprint density at radius 2 is 1.93 bits per heavy atom. The van der Waals surface area contributed by atoms with Crippen molar-refractivity contribution in [3.63, 3.8) is 0 Å². The van der Waals surface area contributed by atoms with Crippen LogP contribution >= 0.6 is 0 Å². The van der Waals surface area contributed by atoms with E-state index in [0.29, 0.717) is 25.3 Å². The van der Waals surface area contributed by atoms with E-state index >= 15 is 0 Å². The second-order valence-electron chi connectivity index (χ2n) is 7.67. The molecule has 7 heteroatoms. The van der Waals surface area contributed by atoms with Crippen molar-refractivity contribution in [2.24, 2.45) is 11.7 Å². The molecular formula is C22H25FN6. The third kappa shape index (κ3) is 4.74. The van der Waals surface area contributed by atoms with E-state index in [9.17, 15) is 4.39 Å². The van der Waals surface area contributed by atoms with Gasteiger partial charge < -0.3 is 10.6 Å². The molecule has 0 spiro atoms. The molecule has 1 atom stereocenters. The van der Waals surface area contributed by atoms with E-state index < -0.39 is 0 Å². The van der Waals surface area contributed by atoms with Gasteiger partial charge in [-0.05, 0) is 30.2 Å². The third-order valence-corrected chi connectivity index (χ3v) is 5.33. The summed E-state index contributed by atoms with van der Waals surface area (Å²) in [6, 6.07) is 8.68. The van der Waals surface area contributed by atoms with Gasteiger partial charge in [-0.2, -0.15) is 0 Å². The molecule has 3 aromatic rings. The highest BCUT2D eigenvalue weighted by molar-refractivity contribution is 5.43. The van der Waals surface area contributed by atoms with Crippen LogP contribution in [0.3, 0.4) is 0 Å². The van der Waals surface area contributed by atoms with Crippen molar-refractivity contribution in [1.29, 1.82) is 0 Å². The van der Waals surface area contributed by atoms with Crippen LogP contribution in [0.25, 0.3) is 0 Å². The zero-order chi connectivity index (χ0) is 20.2. The highest BCUT2D eigenvalue weighted by Crippen LogP contribution is 2.25. The Morgan fingerprint density at radius 1 is 1.14 bits per heavy atom. The molecule has 150 valence electrons. The van der Waals surface area contributed by atoms with E-state index in [2.05, 4.69) is 21.8 Å². The molecule has 2 N–H and O–H groups in total. The average Bonchev–Trinajstić information content (AvgIpc) is 2.68. The second kappa shape index (κ2) is 8.61. The first-order valence-corrected chi connectivity index (χ1v) is 9.93. The number of rotatable bonds is 7. The predicted molar refractivity (Wildman–Crippen MR) is 110 cm³/mol. The molecule has 2 aromatic heterocycles. The molecule has 0 bridgehead atoms. The standard InChI is InChI=1S/C22H25FN6/c1-15(17-2-4-18(23)5-3-17)8-21-27-19(9-20-12-25-6-7-26-20)10-22(28-21)29-13-16(11-24)14-29/h2-7,10,12,15-16H,8-9,11,13-14,24H2,1H3/t15-/m1/s1. The Balaban J connectivity index is 1.57. The fourth-order valence-corrected chi connectivity index (χ4v) is 3.58. The summed E-state index contributed by atoms with van der Waals surface area (Å²) in [5.41, 5.74) is 8.65. The molecule has 3 heterocycles. The third-order valence-electron chi connectivity index (χ3n) is 5.33. The van der Waals surface area contributed by atoms with Gasteiger partial charge in [0.25, 0.3) is 0 Å². The fraction of sp³-hybridized carbons (Fsp3) is 0.364. The van der Waals surface area contributed by atoms with Gasteiger partial charge in [-0.15, -0.1) is 0 Å². The molecular weight excluding hydrogens is 367 g/mol. The minimum Gasteiger partial charge on any atom is -0.356 e. The minimum atomic E-state index is -0.224. The number of nitrogens with zero attached hydrogens (tertiary/aromatic N) is 5. The van der Waals surface area contributed by atoms with Crippen LogP contribution in [0.4, 0.5) is 10.2 Å². The first kappa shape index (κ1) is 19.4. The van der Waals surface area contributed by atoms with E-state index in [1.165, 1.54) is 12.1 Å². The number of hydrogen-bond donors (Lipinski definition) is 1. The summed E-state index contributed by atoms with van der Waals surface area (Å²) in [6.45, 7) is 4.65. The van der Waals surface area contributed by atoms with Crippen molar-refractivity contribution in [3.05, 3.63) is 77.5 Å². The monoisotopic (exact) mass is 392 g/mol. The number of anilines is 1. The van der Waals surface area contributed by atoms with Gasteiger partial charge in [-0.3, -0.25) is 9.97 Å². The van der Waals surface area contributed by atoms with Gasteiger partial charge in [-0.25, -0.2) is 14.4 Å². The van der Waals surface area contributed by atoms with Crippen molar-refractivity contribution in [3.8, 4) is 0 Å². The van der Waals surface area contributed by atoms with Crippen LogP contribution in [0.1, 0.15) is 35.6 Å². The molecule has 1 aromatic carbocycles. The van der Waals surface area contributed by atoms with Crippen molar-refractivity contribution < 1.29 is 4.39 Å². The summed E-state index contributed by atoms with van der Waals surface area (Å²) in [7, 11) is 0. The number of halogens is 1. The Hall–Kier alpha value is -2.93. The first-order chi connectivity index (χ1) is 14.1. The van der Waals surface area contributed by atoms with Crippen molar-refractivity contribution in [2.75, 3.05) is 24.5 Å². The lowest BCUT2D eigenvalue weighted by Crippen LogP contribution is -2.50. The number of benzene rings is 1. The van der Waals surface area contributed by atoms with Crippen LogP contribution in [-0.2, 0) is 12.8 Å². The average molecular weight is 392 g/mol. The van der Waals surface area contributed by atoms with Crippen molar-refractivity contribution >= 4 is 5.82 Å². The zero-order valence-corrected chi connectivity index (χ0v) is 16.5. The lowest BCUT2D eigenvalue weighted by molar-refractivity contribution is 0.416. The smallest absolute Gasteiger partial charge is 0.132 e. The molecule has 1 saturated heterocycles. The summed E-state index contributed by atoms with van der Waals surface area (Å²) in [4.78, 5) is 20.4. The normalized spacial score (nSPS) is 15.2. The van der Waals surface area contributed by atoms with Gasteiger partial charge in [0.1, 0.15) is 17.5 Å². The number of nitrogens with two attached hydrogens (primary N) is 1. The maximum absolute atomic E-state index is 13.2. The van der Waals surface area contributed by atoms with Gasteiger partial charge in [0.15, 0.2) is 0 Å². The van der Waals surface area contributed by atoms with E-state index in [4.69, 9.17) is 15.7 Å². The first-order valence-electron chi connectivity index (χ1n) is 9.93. The number of hydrogen-bond acceptors (Lipinski definition) is 6. The quantitative estimate of drug-likeness (QED) is 0.666. The molecule has 6 nitrogen and oxygen atoms in total. The van der Waals surface area contributed by atoms with Gasteiger partial charge in [0, 0.05) is 56.5 Å². The molecule has 4 rings (SSSR count). The van der Waals surface area contributed by atoms with Crippen LogP contribution in [0, 0.1) is 11.7 Å². The Labute approximate surface area is 170 Å². The van der Waals surface area contributed by atoms with Crippen LogP contribution in [-0.4, -0.2) is 39.6 Å². The van der Waals surface area contributed by atoms with Crippen LogP contribution in [0.2, 0.25) is 0 Å². The topological polar surface area (TPSA) is 80.8 Å². The van der Waals surface area contributed by atoms with Crippen LogP contribution in [0.5, 0.6) is 0 Å². The second-order valence-corrected chi connectivity index (χ2v) is 7.67. The summed E-state index contributed by atoms with van der Waals surface area (Å²) < 4.78 is 13.2. The lowest BCUT2D eigenvalue weighted by Gasteiger charge is -2.39. The predicted octanol–water partition coefficient (Wildman–Crippen LogP) is 2.74. The molecule has 1 aliphatic rings. The van der Waals surface area contributed by atoms with E-state index in [-0.39, 0.29) is 11.7 Å².